The molecule has 1 fully saturated rings. The highest BCUT2D eigenvalue weighted by molar-refractivity contribution is 5.81. The summed E-state index contributed by atoms with van der Waals surface area (Å²) in [5.74, 6) is -0.623. The summed E-state index contributed by atoms with van der Waals surface area (Å²) in [7, 11) is 0. The molecule has 1 saturated carbocycles. The van der Waals surface area contributed by atoms with E-state index in [1.165, 1.54) is 12.1 Å². The zero-order valence-electron chi connectivity index (χ0n) is 12.0. The van der Waals surface area contributed by atoms with Crippen LogP contribution in [-0.2, 0) is 4.79 Å². The van der Waals surface area contributed by atoms with Crippen molar-refractivity contribution in [3.63, 3.8) is 0 Å². The van der Waals surface area contributed by atoms with Crippen molar-refractivity contribution in [1.29, 1.82) is 5.26 Å². The molecular weight excluding hydrogens is 271 g/mol. The van der Waals surface area contributed by atoms with Crippen LogP contribution in [0.2, 0.25) is 0 Å². The predicted molar refractivity (Wildman–Crippen MR) is 76.0 cm³/mol. The van der Waals surface area contributed by atoms with Crippen LogP contribution >= 0.6 is 0 Å². The van der Waals surface area contributed by atoms with Crippen LogP contribution in [0.4, 0.5) is 4.39 Å². The monoisotopic (exact) mass is 290 g/mol. The lowest BCUT2D eigenvalue weighted by molar-refractivity contribution is -0.128. The molecule has 1 aromatic rings. The average Bonchev–Trinajstić information content (AvgIpc) is 2.94. The summed E-state index contributed by atoms with van der Waals surface area (Å²) in [6.07, 6.45) is 2.03. The molecule has 1 aliphatic carbocycles. The molecule has 1 N–H and O–H groups in total. The molecule has 0 aromatic heterocycles. The van der Waals surface area contributed by atoms with Gasteiger partial charge >= 0.3 is 0 Å². The van der Waals surface area contributed by atoms with Gasteiger partial charge in [-0.3, -0.25) is 4.79 Å². The lowest BCUT2D eigenvalue weighted by atomic mass is 10.1. The molecule has 0 saturated heterocycles. The van der Waals surface area contributed by atoms with Gasteiger partial charge in [0.05, 0.1) is 6.07 Å². The van der Waals surface area contributed by atoms with E-state index in [0.29, 0.717) is 12.8 Å². The number of amides is 1. The molecule has 0 unspecified atom stereocenters. The number of nitriles is 1. The number of benzene rings is 1. The summed E-state index contributed by atoms with van der Waals surface area (Å²) in [5, 5.41) is 11.8. The van der Waals surface area contributed by atoms with Crippen LogP contribution in [0, 0.1) is 23.1 Å². The number of rotatable bonds is 5. The molecule has 0 radical (unpaired) electrons. The number of ether oxygens (including phenoxy) is 1. The first-order chi connectivity index (χ1) is 10.1. The maximum Gasteiger partial charge on any atom is 0.261 e. The zero-order chi connectivity index (χ0) is 15.2. The molecule has 1 aliphatic rings. The fraction of sp³-hybridized carbons (Fsp3) is 0.500. The van der Waals surface area contributed by atoms with Crippen molar-refractivity contribution in [3.05, 3.63) is 30.1 Å². The molecule has 1 aromatic carbocycles. The minimum absolute atomic E-state index is 0.0143. The summed E-state index contributed by atoms with van der Waals surface area (Å²) in [6.45, 7) is 1.82. The lowest BCUT2D eigenvalue weighted by Crippen LogP contribution is -2.42. The van der Waals surface area contributed by atoms with E-state index in [1.54, 1.807) is 12.1 Å². The van der Waals surface area contributed by atoms with Crippen LogP contribution in [0.15, 0.2) is 24.3 Å². The van der Waals surface area contributed by atoms with E-state index in [1.807, 2.05) is 6.92 Å². The standard InChI is InChI=1S/C16H19FN2O2/c1-2-14(21-15-6-4-3-5-13(15)17)16(20)19-12-8-7-11(9-12)10-18/h3-6,11-12,14H,2,7-9H2,1H3,(H,19,20)/t11-,12+,14-/m0/s1. The van der Waals surface area contributed by atoms with E-state index >= 15 is 0 Å². The van der Waals surface area contributed by atoms with Crippen LogP contribution < -0.4 is 10.1 Å². The van der Waals surface area contributed by atoms with Gasteiger partial charge in [-0.15, -0.1) is 0 Å². The Morgan fingerprint density at radius 3 is 2.90 bits per heavy atom. The summed E-state index contributed by atoms with van der Waals surface area (Å²) >= 11 is 0. The van der Waals surface area contributed by atoms with Crippen molar-refractivity contribution < 1.29 is 13.9 Å². The largest absolute Gasteiger partial charge is 0.478 e. The van der Waals surface area contributed by atoms with Gasteiger partial charge in [0.2, 0.25) is 0 Å². The number of hydrogen-bond acceptors (Lipinski definition) is 3. The van der Waals surface area contributed by atoms with E-state index in [0.717, 1.165) is 12.8 Å². The van der Waals surface area contributed by atoms with Crippen LogP contribution in [0.25, 0.3) is 0 Å². The van der Waals surface area contributed by atoms with Gasteiger partial charge in [0.25, 0.3) is 5.91 Å². The van der Waals surface area contributed by atoms with Gasteiger partial charge in [0.15, 0.2) is 17.7 Å². The molecule has 112 valence electrons. The summed E-state index contributed by atoms with van der Waals surface area (Å²) in [5.41, 5.74) is 0. The Balaban J connectivity index is 1.93. The van der Waals surface area contributed by atoms with Gasteiger partial charge in [-0.1, -0.05) is 19.1 Å². The van der Waals surface area contributed by atoms with Gasteiger partial charge in [0, 0.05) is 12.0 Å². The Hall–Kier alpha value is -2.09. The van der Waals surface area contributed by atoms with E-state index in [9.17, 15) is 9.18 Å². The third-order valence-electron chi connectivity index (χ3n) is 3.73. The minimum atomic E-state index is -0.719. The molecule has 3 atom stereocenters. The highest BCUT2D eigenvalue weighted by Crippen LogP contribution is 2.25. The number of hydrogen-bond donors (Lipinski definition) is 1. The molecule has 0 heterocycles. The fourth-order valence-corrected chi connectivity index (χ4v) is 2.54. The van der Waals surface area contributed by atoms with Crippen molar-refractivity contribution in [3.8, 4) is 11.8 Å². The maximum atomic E-state index is 13.6. The zero-order valence-corrected chi connectivity index (χ0v) is 12.0. The van der Waals surface area contributed by atoms with E-state index in [2.05, 4.69) is 11.4 Å². The maximum absolute atomic E-state index is 13.6. The quantitative estimate of drug-likeness (QED) is 0.907. The van der Waals surface area contributed by atoms with E-state index < -0.39 is 11.9 Å². The Bertz CT molecular complexity index is 541. The average molecular weight is 290 g/mol. The fourth-order valence-electron chi connectivity index (χ4n) is 2.54. The van der Waals surface area contributed by atoms with Gasteiger partial charge in [-0.05, 0) is 37.8 Å². The molecule has 0 aliphatic heterocycles. The molecule has 21 heavy (non-hydrogen) atoms. The molecule has 4 nitrogen and oxygen atoms in total. The van der Waals surface area contributed by atoms with Crippen molar-refractivity contribution in [2.75, 3.05) is 0 Å². The topological polar surface area (TPSA) is 62.1 Å². The first kappa shape index (κ1) is 15.3. The SMILES string of the molecule is CC[C@H](Oc1ccccc1F)C(=O)N[C@@H]1CC[C@H](C#N)C1. The lowest BCUT2D eigenvalue weighted by Gasteiger charge is -2.20. The van der Waals surface area contributed by atoms with Crippen LogP contribution in [0.5, 0.6) is 5.75 Å². The number of nitrogens with one attached hydrogen (secondary N) is 1. The number of carbonyl (C=O) groups is 1. The highest BCUT2D eigenvalue weighted by Gasteiger charge is 2.28. The predicted octanol–water partition coefficient (Wildman–Crippen LogP) is 2.79. The third kappa shape index (κ3) is 3.94. The van der Waals surface area contributed by atoms with Crippen molar-refractivity contribution in [2.24, 2.45) is 5.92 Å². The molecular formula is C16H19FN2O2. The van der Waals surface area contributed by atoms with Gasteiger partial charge < -0.3 is 10.1 Å². The van der Waals surface area contributed by atoms with Crippen LogP contribution in [0.3, 0.4) is 0 Å². The number of carbonyl (C=O) groups excluding carboxylic acids is 1. The van der Waals surface area contributed by atoms with Gasteiger partial charge in [-0.2, -0.15) is 5.26 Å². The van der Waals surface area contributed by atoms with Crippen molar-refractivity contribution in [1.82, 2.24) is 5.32 Å². The minimum Gasteiger partial charge on any atom is -0.478 e. The Morgan fingerprint density at radius 2 is 2.29 bits per heavy atom. The Kier molecular flexibility index (Phi) is 5.15. The second kappa shape index (κ2) is 7.07. The number of para-hydroxylation sites is 1. The normalized spacial score (nSPS) is 22.3. The second-order valence-corrected chi connectivity index (χ2v) is 5.29. The van der Waals surface area contributed by atoms with Gasteiger partial charge in [-0.25, -0.2) is 4.39 Å². The summed E-state index contributed by atoms with van der Waals surface area (Å²) in [6, 6.07) is 8.28. The first-order valence-corrected chi connectivity index (χ1v) is 7.25. The second-order valence-electron chi connectivity index (χ2n) is 5.29. The highest BCUT2D eigenvalue weighted by atomic mass is 19.1. The Labute approximate surface area is 123 Å². The first-order valence-electron chi connectivity index (χ1n) is 7.25. The molecule has 2 rings (SSSR count). The summed E-state index contributed by atoms with van der Waals surface area (Å²) in [4.78, 5) is 12.2. The van der Waals surface area contributed by atoms with Gasteiger partial charge in [0.1, 0.15) is 0 Å². The Morgan fingerprint density at radius 1 is 1.52 bits per heavy atom. The van der Waals surface area contributed by atoms with Crippen molar-refractivity contribution >= 4 is 5.91 Å². The van der Waals surface area contributed by atoms with Crippen LogP contribution in [-0.4, -0.2) is 18.1 Å². The summed E-state index contributed by atoms with van der Waals surface area (Å²) < 4.78 is 19.0. The smallest absolute Gasteiger partial charge is 0.261 e. The molecule has 5 heteroatoms. The number of halogens is 1. The number of nitrogens with zero attached hydrogens (tertiary/aromatic N) is 1. The van der Waals surface area contributed by atoms with E-state index in [-0.39, 0.29) is 23.6 Å². The van der Waals surface area contributed by atoms with Crippen LogP contribution in [0.1, 0.15) is 32.6 Å². The third-order valence-corrected chi connectivity index (χ3v) is 3.73. The van der Waals surface area contributed by atoms with E-state index in [4.69, 9.17) is 10.00 Å². The molecule has 0 spiro atoms. The molecule has 0 bridgehead atoms. The molecule has 1 amide bonds. The van der Waals surface area contributed by atoms with Crippen molar-refractivity contribution in [2.45, 2.75) is 44.8 Å².